The van der Waals surface area contributed by atoms with Crippen LogP contribution in [0.2, 0.25) is 0 Å². The first kappa shape index (κ1) is 34.0. The molecule has 0 saturated carbocycles. The Bertz CT molecular complexity index is 1560. The van der Waals surface area contributed by atoms with Crippen molar-refractivity contribution in [2.75, 3.05) is 5.32 Å². The third kappa shape index (κ3) is 8.13. The molecule has 10 heteroatoms. The average Bonchev–Trinajstić information content (AvgIpc) is 3.28. The molecule has 4 aromatic rings. The number of aliphatic hydroxyl groups is 2. The van der Waals surface area contributed by atoms with E-state index >= 15 is 4.39 Å². The number of aliphatic carboxylic acids is 1. The first-order valence-corrected chi connectivity index (χ1v) is 13.8. The van der Waals surface area contributed by atoms with Crippen LogP contribution in [-0.2, 0) is 11.3 Å². The summed E-state index contributed by atoms with van der Waals surface area (Å²) in [7, 11) is 0. The Balaban J connectivity index is 0.00000506. The normalized spacial score (nSPS) is 12.4. The molecule has 2 atom stereocenters. The number of carboxylic acid groups (broad SMARTS) is 1. The summed E-state index contributed by atoms with van der Waals surface area (Å²) in [5.74, 6) is -2.76. The van der Waals surface area contributed by atoms with E-state index in [1.165, 1.54) is 12.1 Å². The van der Waals surface area contributed by atoms with Gasteiger partial charge in [-0.2, -0.15) is 0 Å². The number of hydrogen-bond acceptors (Lipinski definition) is 6. The van der Waals surface area contributed by atoms with E-state index in [4.69, 9.17) is 0 Å². The van der Waals surface area contributed by atoms with Crippen molar-refractivity contribution < 1.29 is 64.0 Å². The topological polar surface area (TPSA) is 135 Å². The van der Waals surface area contributed by atoms with Gasteiger partial charge in [0.2, 0.25) is 0 Å². The van der Waals surface area contributed by atoms with Crippen LogP contribution in [0.4, 0.5) is 10.1 Å². The summed E-state index contributed by atoms with van der Waals surface area (Å²) in [6.07, 6.45) is -3.06. The molecule has 0 spiro atoms. The largest absolute Gasteiger partial charge is 1.00 e. The summed E-state index contributed by atoms with van der Waals surface area (Å²) in [6, 6.07) is 21.7. The van der Waals surface area contributed by atoms with Crippen LogP contribution in [0.3, 0.4) is 0 Å². The van der Waals surface area contributed by atoms with Gasteiger partial charge >= 0.3 is 29.6 Å². The Labute approximate surface area is 272 Å². The van der Waals surface area contributed by atoms with Crippen LogP contribution in [0, 0.1) is 5.82 Å². The van der Waals surface area contributed by atoms with Gasteiger partial charge in [0.05, 0.1) is 29.2 Å². The Morgan fingerprint density at radius 1 is 0.930 bits per heavy atom. The zero-order valence-electron chi connectivity index (χ0n) is 24.5. The zero-order valence-corrected chi connectivity index (χ0v) is 26.5. The molecule has 0 aliphatic carbocycles. The number of benzene rings is 3. The van der Waals surface area contributed by atoms with Crippen molar-refractivity contribution in [3.8, 4) is 28.1 Å². The van der Waals surface area contributed by atoms with Gasteiger partial charge in [-0.25, -0.2) is 4.39 Å². The molecular formula is C33H34FN2NaO6. The van der Waals surface area contributed by atoms with Crippen LogP contribution in [0.25, 0.3) is 22.4 Å². The third-order valence-corrected chi connectivity index (χ3v) is 7.05. The van der Waals surface area contributed by atoms with E-state index < -0.39 is 36.3 Å². The minimum atomic E-state index is -1.42. The molecule has 0 radical (unpaired) electrons. The predicted octanol–water partition coefficient (Wildman–Crippen LogP) is 1.69. The number of amides is 1. The molecule has 4 N–H and O–H groups in total. The number of nitrogens with zero attached hydrogens (tertiary/aromatic N) is 1. The second kappa shape index (κ2) is 15.3. The Morgan fingerprint density at radius 2 is 1.56 bits per heavy atom. The number of aromatic hydroxyl groups is 1. The van der Waals surface area contributed by atoms with Gasteiger partial charge in [0.15, 0.2) is 0 Å². The summed E-state index contributed by atoms with van der Waals surface area (Å²) < 4.78 is 17.3. The molecule has 3 aromatic carbocycles. The van der Waals surface area contributed by atoms with Crippen LogP contribution in [0.1, 0.15) is 55.1 Å². The molecule has 4 rings (SSSR count). The van der Waals surface area contributed by atoms with Gasteiger partial charge in [0.25, 0.3) is 5.91 Å². The number of phenolic OH excluding ortho intramolecular Hbond substituents is 1. The van der Waals surface area contributed by atoms with E-state index in [9.17, 15) is 30.0 Å². The monoisotopic (exact) mass is 596 g/mol. The second-order valence-electron chi connectivity index (χ2n) is 10.5. The number of para-hydroxylation sites is 2. The van der Waals surface area contributed by atoms with Crippen LogP contribution in [-0.4, -0.2) is 44.0 Å². The number of carbonyl (C=O) groups excluding carboxylic acids is 2. The van der Waals surface area contributed by atoms with Gasteiger partial charge in [-0.15, -0.1) is 0 Å². The number of nitrogens with one attached hydrogen (secondary N) is 1. The molecule has 1 amide bonds. The summed E-state index contributed by atoms with van der Waals surface area (Å²) in [5, 5.41) is 44.8. The molecule has 220 valence electrons. The van der Waals surface area contributed by atoms with Gasteiger partial charge in [-0.05, 0) is 48.6 Å². The number of phenols is 1. The van der Waals surface area contributed by atoms with Crippen LogP contribution < -0.4 is 40.0 Å². The maximum atomic E-state index is 15.5. The Kier molecular flexibility index (Phi) is 12.1. The Morgan fingerprint density at radius 3 is 2.19 bits per heavy atom. The van der Waals surface area contributed by atoms with Crippen molar-refractivity contribution in [3.05, 3.63) is 95.9 Å². The fourth-order valence-corrected chi connectivity index (χ4v) is 5.27. The number of aliphatic hydroxyl groups excluding tert-OH is 2. The Hall–Kier alpha value is -3.47. The molecule has 1 heterocycles. The summed E-state index contributed by atoms with van der Waals surface area (Å²) in [4.78, 5) is 24.9. The molecule has 43 heavy (non-hydrogen) atoms. The van der Waals surface area contributed by atoms with Crippen molar-refractivity contribution >= 4 is 17.6 Å². The van der Waals surface area contributed by atoms with Gasteiger partial charge in [-0.3, -0.25) is 4.79 Å². The molecule has 0 aliphatic heterocycles. The molecule has 0 bridgehead atoms. The number of hydrogen-bond donors (Lipinski definition) is 4. The smallest absolute Gasteiger partial charge is 0.550 e. The quantitative estimate of drug-likeness (QED) is 0.145. The van der Waals surface area contributed by atoms with E-state index in [0.717, 1.165) is 0 Å². The van der Waals surface area contributed by atoms with E-state index in [1.54, 1.807) is 36.4 Å². The number of halogens is 1. The number of carbonyl (C=O) groups is 2. The number of rotatable bonds is 12. The van der Waals surface area contributed by atoms with Crippen LogP contribution in [0.5, 0.6) is 5.75 Å². The minimum Gasteiger partial charge on any atom is -0.550 e. The fourth-order valence-electron chi connectivity index (χ4n) is 5.27. The molecule has 0 saturated heterocycles. The number of aromatic nitrogens is 1. The zero-order chi connectivity index (χ0) is 30.4. The van der Waals surface area contributed by atoms with E-state index in [-0.39, 0.29) is 71.9 Å². The molecule has 0 aliphatic rings. The molecule has 0 fully saturated rings. The van der Waals surface area contributed by atoms with Crippen molar-refractivity contribution in [1.29, 1.82) is 0 Å². The molecule has 1 aromatic heterocycles. The number of anilines is 1. The minimum absolute atomic E-state index is 0. The third-order valence-electron chi connectivity index (χ3n) is 7.05. The molecule has 2 unspecified atom stereocenters. The van der Waals surface area contributed by atoms with Crippen molar-refractivity contribution in [3.63, 3.8) is 0 Å². The first-order chi connectivity index (χ1) is 20.1. The molecular weight excluding hydrogens is 562 g/mol. The maximum Gasteiger partial charge on any atom is 1.00 e. The van der Waals surface area contributed by atoms with E-state index in [0.29, 0.717) is 28.1 Å². The average molecular weight is 597 g/mol. The SMILES string of the molecule is CC(C)c1c(C(=O)Nc2ccccc2O)c(-c2ccccc2)c(-c2ccccc2F)n1CCC(O)CC(O)CC(=O)[O-].[Na+]. The molecule has 8 nitrogen and oxygen atoms in total. The van der Waals surface area contributed by atoms with E-state index in [2.05, 4.69) is 5.32 Å². The van der Waals surface area contributed by atoms with Gasteiger partial charge in [0.1, 0.15) is 11.6 Å². The summed E-state index contributed by atoms with van der Waals surface area (Å²) in [5.41, 5.74) is 2.95. The standard InChI is InChI=1S/C33H35FN2O6.Na/c1-20(2)31-30(33(42)35-26-14-8-9-15-27(26)39)29(21-10-4-3-5-11-21)32(24-12-6-7-13-25(24)34)36(31)17-16-22(37)18-23(38)19-28(40)41;/h3-15,20,22-23,37-39H,16-19H2,1-2H3,(H,35,42)(H,40,41);/q;+1/p-1. The first-order valence-electron chi connectivity index (χ1n) is 13.8. The predicted molar refractivity (Wildman–Crippen MR) is 156 cm³/mol. The van der Waals surface area contributed by atoms with Gasteiger partial charge in [-0.1, -0.05) is 68.4 Å². The van der Waals surface area contributed by atoms with Crippen molar-refractivity contribution in [2.24, 2.45) is 0 Å². The van der Waals surface area contributed by atoms with Gasteiger partial charge in [0, 0.05) is 35.8 Å². The van der Waals surface area contributed by atoms with Crippen molar-refractivity contribution in [2.45, 2.75) is 57.8 Å². The van der Waals surface area contributed by atoms with Gasteiger partial charge < -0.3 is 35.1 Å². The number of carboxylic acids is 1. The van der Waals surface area contributed by atoms with E-state index in [1.807, 2.05) is 48.7 Å². The second-order valence-corrected chi connectivity index (χ2v) is 10.5. The summed E-state index contributed by atoms with van der Waals surface area (Å²) in [6.45, 7) is 3.95. The maximum absolute atomic E-state index is 15.5. The summed E-state index contributed by atoms with van der Waals surface area (Å²) >= 11 is 0. The van der Waals surface area contributed by atoms with Crippen molar-refractivity contribution in [1.82, 2.24) is 4.57 Å². The van der Waals surface area contributed by atoms with Crippen LogP contribution >= 0.6 is 0 Å². The van der Waals surface area contributed by atoms with Crippen LogP contribution in [0.15, 0.2) is 78.9 Å². The fraction of sp³-hybridized carbons (Fsp3) is 0.273.